The lowest BCUT2D eigenvalue weighted by Crippen LogP contribution is -2.52. The summed E-state index contributed by atoms with van der Waals surface area (Å²) in [5.41, 5.74) is 1.57. The van der Waals surface area contributed by atoms with E-state index in [1.54, 1.807) is 30.6 Å². The number of para-hydroxylation sites is 1. The molecule has 0 radical (unpaired) electrons. The number of hydrogen-bond donors (Lipinski definition) is 3. The third-order valence-corrected chi connectivity index (χ3v) is 8.09. The summed E-state index contributed by atoms with van der Waals surface area (Å²) in [4.78, 5) is 50.2. The number of thiophene rings is 1. The lowest BCUT2D eigenvalue weighted by molar-refractivity contribution is -0.117. The Hall–Kier alpha value is -4.77. The number of aromatic nitrogens is 2. The second kappa shape index (κ2) is 10.8. The smallest absolute Gasteiger partial charge is 0.331 e. The zero-order chi connectivity index (χ0) is 27.6. The molecule has 4 heterocycles. The van der Waals surface area contributed by atoms with Crippen LogP contribution in [0, 0.1) is 0 Å². The second-order valence-electron chi connectivity index (χ2n) is 9.54. The minimum atomic E-state index is -0.417. The van der Waals surface area contributed by atoms with Crippen LogP contribution in [-0.4, -0.2) is 39.9 Å². The van der Waals surface area contributed by atoms with Crippen LogP contribution in [0.15, 0.2) is 73.6 Å². The molecule has 1 aromatic carbocycles. The molecule has 11 heteroatoms. The summed E-state index contributed by atoms with van der Waals surface area (Å²) in [6.45, 7) is 3.52. The summed E-state index contributed by atoms with van der Waals surface area (Å²) in [7, 11) is 0. The van der Waals surface area contributed by atoms with E-state index in [1.807, 2.05) is 30.3 Å². The zero-order valence-electron chi connectivity index (χ0n) is 21.4. The van der Waals surface area contributed by atoms with Crippen LogP contribution in [-0.2, 0) is 4.79 Å². The van der Waals surface area contributed by atoms with Crippen molar-refractivity contribution in [3.63, 3.8) is 0 Å². The lowest BCUT2D eigenvalue weighted by Gasteiger charge is -2.32. The van der Waals surface area contributed by atoms with Gasteiger partial charge in [-0.15, -0.1) is 11.3 Å². The molecule has 0 spiro atoms. The van der Waals surface area contributed by atoms with Crippen molar-refractivity contribution in [2.75, 3.05) is 10.2 Å². The Kier molecular flexibility index (Phi) is 6.87. The molecule has 2 aliphatic rings. The quantitative estimate of drug-likeness (QED) is 0.259. The number of nitrogens with zero attached hydrogens (tertiary/aromatic N) is 3. The van der Waals surface area contributed by atoms with Gasteiger partial charge in [-0.1, -0.05) is 37.6 Å². The predicted octanol–water partition coefficient (Wildman–Crippen LogP) is 5.51. The Bertz CT molecular complexity index is 1600. The summed E-state index contributed by atoms with van der Waals surface area (Å²) in [5.74, 6) is 0.475. The number of ether oxygens (including phenoxy) is 1. The van der Waals surface area contributed by atoms with Crippen molar-refractivity contribution in [3.05, 3.63) is 78.5 Å². The van der Waals surface area contributed by atoms with E-state index in [2.05, 4.69) is 32.5 Å². The number of hydrogen-bond acceptors (Lipinski definition) is 7. The van der Waals surface area contributed by atoms with Crippen molar-refractivity contribution >= 4 is 56.5 Å². The Morgan fingerprint density at radius 3 is 2.55 bits per heavy atom. The van der Waals surface area contributed by atoms with Crippen molar-refractivity contribution in [2.45, 2.75) is 37.8 Å². The molecule has 202 valence electrons. The lowest BCUT2D eigenvalue weighted by atomic mass is 9.90. The molecule has 40 heavy (non-hydrogen) atoms. The minimum Gasteiger partial charge on any atom is -0.439 e. The molecule has 3 aromatic heterocycles. The van der Waals surface area contributed by atoms with Crippen molar-refractivity contribution in [2.24, 2.45) is 0 Å². The molecule has 0 saturated heterocycles. The SMILES string of the molecule is C=CC(=O)NC1CCCC[C@H]1NC(=O)c1sc2nccc3c2c1NC(=O)N3c1ccc(Oc2ccccc2)nc1. The monoisotopic (exact) mass is 554 g/mol. The van der Waals surface area contributed by atoms with E-state index in [9.17, 15) is 14.4 Å². The first-order chi connectivity index (χ1) is 19.5. The van der Waals surface area contributed by atoms with Gasteiger partial charge in [0.25, 0.3) is 5.91 Å². The third kappa shape index (κ3) is 4.87. The van der Waals surface area contributed by atoms with Crippen LogP contribution in [0.3, 0.4) is 0 Å². The molecule has 10 nitrogen and oxygen atoms in total. The number of urea groups is 1. The first kappa shape index (κ1) is 25.5. The number of carbonyl (C=O) groups is 3. The van der Waals surface area contributed by atoms with E-state index < -0.39 is 6.03 Å². The molecule has 4 aromatic rings. The van der Waals surface area contributed by atoms with E-state index in [-0.39, 0.29) is 23.9 Å². The molecule has 6 rings (SSSR count). The van der Waals surface area contributed by atoms with Crippen molar-refractivity contribution < 1.29 is 19.1 Å². The molecular formula is C29H26N6O4S. The van der Waals surface area contributed by atoms with E-state index in [0.29, 0.717) is 43.8 Å². The Labute approximate surface area is 234 Å². The molecule has 4 amide bonds. The number of rotatable bonds is 7. The van der Waals surface area contributed by atoms with Gasteiger partial charge in [0, 0.05) is 24.3 Å². The molecule has 1 aliphatic heterocycles. The molecular weight excluding hydrogens is 528 g/mol. The highest BCUT2D eigenvalue weighted by molar-refractivity contribution is 7.21. The summed E-state index contributed by atoms with van der Waals surface area (Å²) < 4.78 is 5.78. The molecule has 1 aliphatic carbocycles. The topological polar surface area (TPSA) is 126 Å². The van der Waals surface area contributed by atoms with Crippen LogP contribution in [0.1, 0.15) is 35.4 Å². The Morgan fingerprint density at radius 2 is 1.82 bits per heavy atom. The van der Waals surface area contributed by atoms with Crippen LogP contribution in [0.4, 0.5) is 21.9 Å². The average molecular weight is 555 g/mol. The average Bonchev–Trinajstić information content (AvgIpc) is 3.35. The maximum absolute atomic E-state index is 13.5. The maximum atomic E-state index is 13.5. The van der Waals surface area contributed by atoms with Crippen LogP contribution in [0.5, 0.6) is 11.6 Å². The van der Waals surface area contributed by atoms with Gasteiger partial charge < -0.3 is 20.7 Å². The summed E-state index contributed by atoms with van der Waals surface area (Å²) in [6, 6.07) is 13.7. The van der Waals surface area contributed by atoms with Crippen molar-refractivity contribution in [3.8, 4) is 11.6 Å². The first-order valence-corrected chi connectivity index (χ1v) is 13.8. The van der Waals surface area contributed by atoms with Gasteiger partial charge in [0.2, 0.25) is 11.8 Å². The zero-order valence-corrected chi connectivity index (χ0v) is 22.2. The van der Waals surface area contributed by atoms with Crippen LogP contribution >= 0.6 is 11.3 Å². The first-order valence-electron chi connectivity index (χ1n) is 13.0. The van der Waals surface area contributed by atoms with Crippen LogP contribution in [0.2, 0.25) is 0 Å². The van der Waals surface area contributed by atoms with Crippen LogP contribution < -0.4 is 25.6 Å². The van der Waals surface area contributed by atoms with Crippen LogP contribution in [0.25, 0.3) is 10.2 Å². The van der Waals surface area contributed by atoms with Gasteiger partial charge in [-0.3, -0.25) is 14.5 Å². The normalized spacial score (nSPS) is 18.1. The van der Waals surface area contributed by atoms with E-state index in [0.717, 1.165) is 25.7 Å². The molecule has 3 N–H and O–H groups in total. The Morgan fingerprint density at radius 1 is 1.05 bits per heavy atom. The number of anilines is 3. The van der Waals surface area contributed by atoms with Gasteiger partial charge in [-0.05, 0) is 43.2 Å². The number of nitrogens with one attached hydrogen (secondary N) is 3. The molecule has 2 atom stereocenters. The standard InChI is InChI=1S/C29H26N6O4S/c1-2-22(36)32-19-10-6-7-11-20(19)33-27(37)26-25-24-21(14-15-30-28(24)40-26)35(29(38)34-25)17-12-13-23(31-16-17)39-18-8-4-3-5-9-18/h2-5,8-9,12-16,19-20H,1,6-7,10-11H2,(H,32,36)(H,33,37)(H,34,38)/t19?,20-/m1/s1. The number of pyridine rings is 2. The fraction of sp³-hybridized carbons (Fsp3) is 0.207. The number of carbonyl (C=O) groups excluding carboxylic acids is 3. The van der Waals surface area contributed by atoms with Crippen molar-refractivity contribution in [1.29, 1.82) is 0 Å². The predicted molar refractivity (Wildman–Crippen MR) is 153 cm³/mol. The van der Waals surface area contributed by atoms with Gasteiger partial charge >= 0.3 is 6.03 Å². The molecule has 0 bridgehead atoms. The van der Waals surface area contributed by atoms with E-state index >= 15 is 0 Å². The Balaban J connectivity index is 1.27. The highest BCUT2D eigenvalue weighted by Crippen LogP contribution is 2.45. The molecule has 1 saturated carbocycles. The summed E-state index contributed by atoms with van der Waals surface area (Å²) in [6.07, 6.45) is 7.85. The van der Waals surface area contributed by atoms with E-state index in [4.69, 9.17) is 4.74 Å². The van der Waals surface area contributed by atoms with Gasteiger partial charge in [0.15, 0.2) is 0 Å². The van der Waals surface area contributed by atoms with Gasteiger partial charge in [0.1, 0.15) is 15.5 Å². The number of amides is 4. The molecule has 1 fully saturated rings. The minimum absolute atomic E-state index is 0.186. The van der Waals surface area contributed by atoms with Gasteiger partial charge in [-0.2, -0.15) is 0 Å². The summed E-state index contributed by atoms with van der Waals surface area (Å²) in [5, 5.41) is 9.59. The van der Waals surface area contributed by atoms with Gasteiger partial charge in [0.05, 0.1) is 28.6 Å². The van der Waals surface area contributed by atoms with E-state index in [1.165, 1.54) is 22.3 Å². The summed E-state index contributed by atoms with van der Waals surface area (Å²) >= 11 is 1.22. The third-order valence-electron chi connectivity index (χ3n) is 6.99. The van der Waals surface area contributed by atoms with Crippen molar-refractivity contribution in [1.82, 2.24) is 20.6 Å². The highest BCUT2D eigenvalue weighted by Gasteiger charge is 2.34. The second-order valence-corrected chi connectivity index (χ2v) is 10.5. The number of benzene rings is 1. The maximum Gasteiger partial charge on any atom is 0.331 e. The van der Waals surface area contributed by atoms with Gasteiger partial charge in [-0.25, -0.2) is 14.8 Å². The molecule has 1 unspecified atom stereocenters. The highest BCUT2D eigenvalue weighted by atomic mass is 32.1. The fourth-order valence-electron chi connectivity index (χ4n) is 5.13. The largest absolute Gasteiger partial charge is 0.439 e. The fourth-order valence-corrected chi connectivity index (χ4v) is 6.15.